The van der Waals surface area contributed by atoms with Gasteiger partial charge in [-0.15, -0.1) is 0 Å². The molecule has 0 unspecified atom stereocenters. The molecule has 0 aliphatic carbocycles. The normalized spacial score (nSPS) is 22.0. The van der Waals surface area contributed by atoms with Gasteiger partial charge >= 0.3 is 0 Å². The standard InChI is InChI=1S/C26H29N3O/c1-19-17-29(14-12-26(19,2)24-7-3-5-22(15-24)25(27)30)18-20-8-10-21(11-9-20)23-6-4-13-28-16-23/h3-11,13,15-16,19H,12,14,17-18H2,1-2H3,(H2,27,30)/t19-,26+/m0/s1. The van der Waals surface area contributed by atoms with Crippen LogP contribution in [0.4, 0.5) is 0 Å². The SMILES string of the molecule is C[C@H]1CN(Cc2ccc(-c3cccnc3)cc2)CC[C@@]1(C)c1cccc(C(N)=O)c1. The minimum Gasteiger partial charge on any atom is -0.366 e. The van der Waals surface area contributed by atoms with Gasteiger partial charge in [-0.25, -0.2) is 0 Å². The Hall–Kier alpha value is -2.98. The molecule has 1 aromatic heterocycles. The lowest BCUT2D eigenvalue weighted by molar-refractivity contribution is 0.0996. The van der Waals surface area contributed by atoms with Crippen LogP contribution in [0, 0.1) is 5.92 Å². The Balaban J connectivity index is 1.43. The molecule has 2 aromatic carbocycles. The topological polar surface area (TPSA) is 59.2 Å². The maximum absolute atomic E-state index is 11.6. The summed E-state index contributed by atoms with van der Waals surface area (Å²) >= 11 is 0. The number of carbonyl (C=O) groups is 1. The van der Waals surface area contributed by atoms with Crippen molar-refractivity contribution in [2.24, 2.45) is 11.7 Å². The van der Waals surface area contributed by atoms with E-state index < -0.39 is 0 Å². The molecule has 4 nitrogen and oxygen atoms in total. The molecule has 4 rings (SSSR count). The summed E-state index contributed by atoms with van der Waals surface area (Å²) in [5, 5.41) is 0. The van der Waals surface area contributed by atoms with Crippen molar-refractivity contribution in [3.63, 3.8) is 0 Å². The van der Waals surface area contributed by atoms with Crippen LogP contribution in [-0.4, -0.2) is 28.9 Å². The average molecular weight is 400 g/mol. The van der Waals surface area contributed by atoms with E-state index >= 15 is 0 Å². The first-order chi connectivity index (χ1) is 14.5. The van der Waals surface area contributed by atoms with Crippen molar-refractivity contribution >= 4 is 5.91 Å². The van der Waals surface area contributed by atoms with Crippen LogP contribution in [0.3, 0.4) is 0 Å². The second-order valence-electron chi connectivity index (χ2n) is 8.69. The van der Waals surface area contributed by atoms with Gasteiger partial charge in [0.15, 0.2) is 0 Å². The lowest BCUT2D eigenvalue weighted by Gasteiger charge is -2.45. The fraction of sp³-hybridized carbons (Fsp3) is 0.308. The van der Waals surface area contributed by atoms with Crippen LogP contribution in [0.5, 0.6) is 0 Å². The van der Waals surface area contributed by atoms with E-state index in [0.717, 1.165) is 31.6 Å². The fourth-order valence-corrected chi connectivity index (χ4v) is 4.51. The van der Waals surface area contributed by atoms with E-state index in [9.17, 15) is 4.79 Å². The number of amides is 1. The summed E-state index contributed by atoms with van der Waals surface area (Å²) in [7, 11) is 0. The number of piperidine rings is 1. The first kappa shape index (κ1) is 20.3. The zero-order chi connectivity index (χ0) is 21.1. The summed E-state index contributed by atoms with van der Waals surface area (Å²) in [4.78, 5) is 18.3. The molecule has 2 atom stereocenters. The zero-order valence-electron chi connectivity index (χ0n) is 17.7. The van der Waals surface area contributed by atoms with Gasteiger partial charge in [0.1, 0.15) is 0 Å². The van der Waals surface area contributed by atoms with E-state index in [2.05, 4.69) is 60.1 Å². The molecule has 1 aliphatic rings. The molecule has 154 valence electrons. The van der Waals surface area contributed by atoms with E-state index in [1.165, 1.54) is 16.7 Å². The van der Waals surface area contributed by atoms with Crippen molar-refractivity contribution in [3.05, 3.63) is 89.7 Å². The van der Waals surface area contributed by atoms with Gasteiger partial charge in [-0.1, -0.05) is 56.3 Å². The smallest absolute Gasteiger partial charge is 0.248 e. The number of nitrogens with zero attached hydrogens (tertiary/aromatic N) is 2. The fourth-order valence-electron chi connectivity index (χ4n) is 4.51. The molecule has 1 fully saturated rings. The van der Waals surface area contributed by atoms with Crippen LogP contribution < -0.4 is 5.73 Å². The zero-order valence-corrected chi connectivity index (χ0v) is 17.7. The van der Waals surface area contributed by atoms with Gasteiger partial charge < -0.3 is 5.73 Å². The summed E-state index contributed by atoms with van der Waals surface area (Å²) < 4.78 is 0. The number of aromatic nitrogens is 1. The monoisotopic (exact) mass is 399 g/mol. The summed E-state index contributed by atoms with van der Waals surface area (Å²) in [5.41, 5.74) is 11.0. The van der Waals surface area contributed by atoms with Crippen LogP contribution in [0.1, 0.15) is 41.8 Å². The number of pyridine rings is 1. The van der Waals surface area contributed by atoms with Gasteiger partial charge in [0.2, 0.25) is 5.91 Å². The summed E-state index contributed by atoms with van der Waals surface area (Å²) in [6, 6.07) is 20.7. The number of nitrogens with two attached hydrogens (primary N) is 1. The molecular formula is C26H29N3O. The average Bonchev–Trinajstić information content (AvgIpc) is 2.77. The predicted molar refractivity (Wildman–Crippen MR) is 121 cm³/mol. The van der Waals surface area contributed by atoms with E-state index in [-0.39, 0.29) is 11.3 Å². The second kappa shape index (κ2) is 8.41. The number of primary amides is 1. The van der Waals surface area contributed by atoms with Crippen molar-refractivity contribution in [1.82, 2.24) is 9.88 Å². The van der Waals surface area contributed by atoms with Crippen molar-refractivity contribution in [3.8, 4) is 11.1 Å². The Kier molecular flexibility index (Phi) is 5.69. The molecule has 30 heavy (non-hydrogen) atoms. The number of rotatable bonds is 5. The largest absolute Gasteiger partial charge is 0.366 e. The second-order valence-corrected chi connectivity index (χ2v) is 8.69. The molecule has 0 bridgehead atoms. The molecular weight excluding hydrogens is 370 g/mol. The molecule has 1 amide bonds. The van der Waals surface area contributed by atoms with Crippen molar-refractivity contribution in [1.29, 1.82) is 0 Å². The Morgan fingerprint density at radius 1 is 1.13 bits per heavy atom. The van der Waals surface area contributed by atoms with Crippen molar-refractivity contribution in [2.45, 2.75) is 32.2 Å². The molecule has 1 saturated heterocycles. The Labute approximate surface area is 178 Å². The van der Waals surface area contributed by atoms with Gasteiger partial charge in [0.25, 0.3) is 0 Å². The minimum atomic E-state index is -0.361. The highest BCUT2D eigenvalue weighted by molar-refractivity contribution is 5.92. The molecule has 2 heterocycles. The number of hydrogen-bond acceptors (Lipinski definition) is 3. The molecule has 0 saturated carbocycles. The third-order valence-electron chi connectivity index (χ3n) is 6.73. The van der Waals surface area contributed by atoms with Crippen molar-refractivity contribution < 1.29 is 4.79 Å². The Morgan fingerprint density at radius 2 is 1.93 bits per heavy atom. The van der Waals surface area contributed by atoms with Crippen LogP contribution >= 0.6 is 0 Å². The lowest BCUT2D eigenvalue weighted by atomic mass is 9.68. The van der Waals surface area contributed by atoms with E-state index in [4.69, 9.17) is 5.73 Å². The maximum atomic E-state index is 11.6. The van der Waals surface area contributed by atoms with Crippen LogP contribution in [-0.2, 0) is 12.0 Å². The van der Waals surface area contributed by atoms with E-state index in [1.54, 1.807) is 12.3 Å². The molecule has 1 aliphatic heterocycles. The number of carbonyl (C=O) groups excluding carboxylic acids is 1. The third kappa shape index (κ3) is 4.14. The highest BCUT2D eigenvalue weighted by Crippen LogP contribution is 2.40. The first-order valence-electron chi connectivity index (χ1n) is 10.6. The van der Waals surface area contributed by atoms with Crippen molar-refractivity contribution in [2.75, 3.05) is 13.1 Å². The molecule has 2 N–H and O–H groups in total. The van der Waals surface area contributed by atoms with Crippen LogP contribution in [0.15, 0.2) is 73.1 Å². The summed E-state index contributed by atoms with van der Waals surface area (Å²) in [6.07, 6.45) is 4.76. The van der Waals surface area contributed by atoms with Gasteiger partial charge in [-0.3, -0.25) is 14.7 Å². The van der Waals surface area contributed by atoms with Gasteiger partial charge in [-0.05, 0) is 64.8 Å². The van der Waals surface area contributed by atoms with Gasteiger partial charge in [0.05, 0.1) is 0 Å². The predicted octanol–water partition coefficient (Wildman–Crippen LogP) is 4.65. The molecule has 4 heteroatoms. The van der Waals surface area contributed by atoms with Crippen LogP contribution in [0.25, 0.3) is 11.1 Å². The van der Waals surface area contributed by atoms with E-state index in [1.807, 2.05) is 24.4 Å². The minimum absolute atomic E-state index is 0.0477. The molecule has 0 spiro atoms. The van der Waals surface area contributed by atoms with E-state index in [0.29, 0.717) is 11.5 Å². The first-order valence-corrected chi connectivity index (χ1v) is 10.6. The quantitative estimate of drug-likeness (QED) is 0.679. The summed E-state index contributed by atoms with van der Waals surface area (Å²) in [5.74, 6) is 0.115. The lowest BCUT2D eigenvalue weighted by Crippen LogP contribution is -2.47. The summed E-state index contributed by atoms with van der Waals surface area (Å²) in [6.45, 7) is 7.65. The third-order valence-corrected chi connectivity index (χ3v) is 6.73. The number of hydrogen-bond donors (Lipinski definition) is 1. The Bertz CT molecular complexity index is 1020. The Morgan fingerprint density at radius 3 is 2.60 bits per heavy atom. The van der Waals surface area contributed by atoms with Gasteiger partial charge in [0, 0.05) is 31.0 Å². The molecule has 0 radical (unpaired) electrons. The van der Waals surface area contributed by atoms with Crippen LogP contribution in [0.2, 0.25) is 0 Å². The van der Waals surface area contributed by atoms with Gasteiger partial charge in [-0.2, -0.15) is 0 Å². The highest BCUT2D eigenvalue weighted by atomic mass is 16.1. The number of benzene rings is 2. The number of likely N-dealkylation sites (tertiary alicyclic amines) is 1. The highest BCUT2D eigenvalue weighted by Gasteiger charge is 2.38. The maximum Gasteiger partial charge on any atom is 0.248 e. The molecule has 3 aromatic rings.